The van der Waals surface area contributed by atoms with Crippen LogP contribution in [0.5, 0.6) is 0 Å². The maximum atomic E-state index is 13.0. The summed E-state index contributed by atoms with van der Waals surface area (Å²) in [6.45, 7) is 0. The maximum absolute atomic E-state index is 13.0. The van der Waals surface area contributed by atoms with Crippen LogP contribution in [0.25, 0.3) is 0 Å². The van der Waals surface area contributed by atoms with Gasteiger partial charge in [-0.2, -0.15) is 13.2 Å². The molecule has 1 aliphatic heterocycles. The first kappa shape index (κ1) is 18.3. The van der Waals surface area contributed by atoms with E-state index in [1.54, 1.807) is 18.2 Å². The smallest absolute Gasteiger partial charge is 0.273 e. The molecule has 1 fully saturated rings. The van der Waals surface area contributed by atoms with Crippen LogP contribution in [0, 0.1) is 0 Å². The molecule has 0 atom stereocenters. The third kappa shape index (κ3) is 3.42. The van der Waals surface area contributed by atoms with Gasteiger partial charge in [0.1, 0.15) is 6.42 Å². The number of halogens is 4. The van der Waals surface area contributed by atoms with Gasteiger partial charge in [-0.15, -0.1) is 0 Å². The van der Waals surface area contributed by atoms with Gasteiger partial charge >= 0.3 is 6.18 Å². The quantitative estimate of drug-likeness (QED) is 0.555. The van der Waals surface area contributed by atoms with Crippen LogP contribution in [0.4, 0.5) is 24.5 Å². The van der Waals surface area contributed by atoms with Crippen LogP contribution in [0.1, 0.15) is 12.0 Å². The molecular weight excluding hydrogens is 389 g/mol. The predicted molar refractivity (Wildman–Crippen MR) is 95.1 cm³/mol. The molecule has 2 amide bonds. The van der Waals surface area contributed by atoms with Crippen molar-refractivity contribution in [1.29, 1.82) is 0 Å². The standard InChI is InChI=1S/C17H10ClF3N2O2S/c18-11-4-2-6-13(8-11)23-15(25)9-14(24)22(16(23)26)12-5-1-3-10(7-12)17(19,20)21/h1-8H,9H2. The fourth-order valence-electron chi connectivity index (χ4n) is 2.55. The minimum absolute atomic E-state index is 0.0608. The number of benzene rings is 2. The van der Waals surface area contributed by atoms with Crippen LogP contribution in [0.15, 0.2) is 48.5 Å². The van der Waals surface area contributed by atoms with Crippen molar-refractivity contribution in [2.45, 2.75) is 12.6 Å². The number of amides is 2. The van der Waals surface area contributed by atoms with E-state index in [1.165, 1.54) is 18.2 Å². The number of hydrogen-bond acceptors (Lipinski definition) is 3. The molecule has 1 aliphatic rings. The van der Waals surface area contributed by atoms with Crippen molar-refractivity contribution in [1.82, 2.24) is 0 Å². The molecule has 4 nitrogen and oxygen atoms in total. The molecule has 0 N–H and O–H groups in total. The highest BCUT2D eigenvalue weighted by Crippen LogP contribution is 2.33. The lowest BCUT2D eigenvalue weighted by molar-refractivity contribution is -0.137. The Bertz CT molecular complexity index is 917. The summed E-state index contributed by atoms with van der Waals surface area (Å²) >= 11 is 11.2. The van der Waals surface area contributed by atoms with Crippen molar-refractivity contribution in [2.24, 2.45) is 0 Å². The second kappa shape index (κ2) is 6.69. The summed E-state index contributed by atoms with van der Waals surface area (Å²) in [4.78, 5) is 26.6. The van der Waals surface area contributed by atoms with Gasteiger partial charge in [-0.05, 0) is 48.6 Å². The SMILES string of the molecule is O=C1CC(=O)N(c2cccc(C(F)(F)F)c2)C(=S)N1c1cccc(Cl)c1. The normalized spacial score (nSPS) is 15.6. The van der Waals surface area contributed by atoms with Crippen molar-refractivity contribution in [2.75, 3.05) is 9.80 Å². The Balaban J connectivity index is 2.04. The number of carbonyl (C=O) groups excluding carboxylic acids is 2. The van der Waals surface area contributed by atoms with E-state index in [0.29, 0.717) is 10.7 Å². The first-order chi connectivity index (χ1) is 12.2. The molecule has 0 spiro atoms. The summed E-state index contributed by atoms with van der Waals surface area (Å²) < 4.78 is 38.9. The van der Waals surface area contributed by atoms with Gasteiger partial charge in [0, 0.05) is 5.02 Å². The second-order valence-electron chi connectivity index (χ2n) is 5.45. The molecule has 9 heteroatoms. The van der Waals surface area contributed by atoms with Gasteiger partial charge in [-0.25, -0.2) is 0 Å². The lowest BCUT2D eigenvalue weighted by Crippen LogP contribution is -2.55. The molecule has 1 saturated heterocycles. The summed E-state index contributed by atoms with van der Waals surface area (Å²) in [5.41, 5.74) is -0.650. The molecule has 0 unspecified atom stereocenters. The number of nitrogens with zero attached hydrogens (tertiary/aromatic N) is 2. The van der Waals surface area contributed by atoms with Gasteiger partial charge in [0.15, 0.2) is 5.11 Å². The van der Waals surface area contributed by atoms with E-state index in [0.717, 1.165) is 21.9 Å². The molecule has 1 heterocycles. The molecule has 26 heavy (non-hydrogen) atoms. The summed E-state index contributed by atoms with van der Waals surface area (Å²) in [5.74, 6) is -1.27. The van der Waals surface area contributed by atoms with Gasteiger partial charge in [0.25, 0.3) is 0 Å². The van der Waals surface area contributed by atoms with E-state index in [9.17, 15) is 22.8 Å². The van der Waals surface area contributed by atoms with Gasteiger partial charge < -0.3 is 0 Å². The summed E-state index contributed by atoms with van der Waals surface area (Å²) in [7, 11) is 0. The minimum Gasteiger partial charge on any atom is -0.273 e. The van der Waals surface area contributed by atoms with Crippen molar-refractivity contribution < 1.29 is 22.8 Å². The van der Waals surface area contributed by atoms with E-state index >= 15 is 0 Å². The van der Waals surface area contributed by atoms with Crippen LogP contribution in [-0.4, -0.2) is 16.9 Å². The lowest BCUT2D eigenvalue weighted by Gasteiger charge is -2.35. The topological polar surface area (TPSA) is 40.6 Å². The monoisotopic (exact) mass is 398 g/mol. The number of carbonyl (C=O) groups is 2. The Hall–Kier alpha value is -2.45. The van der Waals surface area contributed by atoms with Crippen LogP contribution in [0.2, 0.25) is 5.02 Å². The molecule has 0 saturated carbocycles. The zero-order valence-electron chi connectivity index (χ0n) is 13.0. The number of thiocarbonyl (C=S) groups is 1. The average Bonchev–Trinajstić information content (AvgIpc) is 2.54. The van der Waals surface area contributed by atoms with Crippen molar-refractivity contribution in [3.05, 3.63) is 59.1 Å². The number of hydrogen-bond donors (Lipinski definition) is 0. The highest BCUT2D eigenvalue weighted by molar-refractivity contribution is 7.81. The van der Waals surface area contributed by atoms with Crippen molar-refractivity contribution >= 4 is 52.1 Å². The van der Waals surface area contributed by atoms with Gasteiger partial charge in [0.2, 0.25) is 11.8 Å². The van der Waals surface area contributed by atoms with E-state index < -0.39 is 30.0 Å². The second-order valence-corrected chi connectivity index (χ2v) is 6.25. The summed E-state index contributed by atoms with van der Waals surface area (Å²) in [6.07, 6.45) is -5.10. The number of anilines is 2. The number of rotatable bonds is 2. The highest BCUT2D eigenvalue weighted by atomic mass is 35.5. The first-order valence-corrected chi connectivity index (χ1v) is 8.10. The molecule has 0 aromatic heterocycles. The predicted octanol–water partition coefficient (Wildman–Crippen LogP) is 4.41. The molecular formula is C17H10ClF3N2O2S. The van der Waals surface area contributed by atoms with E-state index in [2.05, 4.69) is 0 Å². The van der Waals surface area contributed by atoms with Crippen LogP contribution < -0.4 is 9.80 Å². The Labute approximate surface area is 156 Å². The molecule has 2 aromatic rings. The van der Waals surface area contributed by atoms with Gasteiger partial charge in [-0.3, -0.25) is 19.4 Å². The van der Waals surface area contributed by atoms with Crippen LogP contribution in [0.3, 0.4) is 0 Å². The Morgan fingerprint density at radius 3 is 2.00 bits per heavy atom. The third-order valence-electron chi connectivity index (χ3n) is 3.68. The van der Waals surface area contributed by atoms with Gasteiger partial charge in [-0.1, -0.05) is 23.7 Å². The molecule has 0 aliphatic carbocycles. The number of alkyl halides is 3. The van der Waals surface area contributed by atoms with E-state index in [-0.39, 0.29) is 10.8 Å². The Morgan fingerprint density at radius 1 is 0.923 bits per heavy atom. The Kier molecular flexibility index (Phi) is 4.72. The molecule has 3 rings (SSSR count). The van der Waals surface area contributed by atoms with Crippen molar-refractivity contribution in [3.8, 4) is 0 Å². The lowest BCUT2D eigenvalue weighted by atomic mass is 10.1. The first-order valence-electron chi connectivity index (χ1n) is 7.31. The van der Waals surface area contributed by atoms with Crippen LogP contribution in [-0.2, 0) is 15.8 Å². The van der Waals surface area contributed by atoms with Crippen LogP contribution >= 0.6 is 23.8 Å². The zero-order valence-corrected chi connectivity index (χ0v) is 14.5. The molecule has 134 valence electrons. The largest absolute Gasteiger partial charge is 0.416 e. The fraction of sp³-hybridized carbons (Fsp3) is 0.118. The third-order valence-corrected chi connectivity index (χ3v) is 4.28. The zero-order chi connectivity index (χ0) is 19.1. The molecule has 2 aromatic carbocycles. The van der Waals surface area contributed by atoms with Gasteiger partial charge in [0.05, 0.1) is 16.9 Å². The maximum Gasteiger partial charge on any atom is 0.416 e. The summed E-state index contributed by atoms with van der Waals surface area (Å²) in [5, 5.41) is 0.119. The minimum atomic E-state index is -4.57. The van der Waals surface area contributed by atoms with E-state index in [1.807, 2.05) is 0 Å². The molecule has 0 bridgehead atoms. The average molecular weight is 399 g/mol. The summed E-state index contributed by atoms with van der Waals surface area (Å²) in [6, 6.07) is 10.4. The van der Waals surface area contributed by atoms with Crippen molar-refractivity contribution in [3.63, 3.8) is 0 Å². The highest BCUT2D eigenvalue weighted by Gasteiger charge is 2.38. The fourth-order valence-corrected chi connectivity index (χ4v) is 3.15. The van der Waals surface area contributed by atoms with E-state index in [4.69, 9.17) is 23.8 Å². The Morgan fingerprint density at radius 2 is 1.46 bits per heavy atom. The molecule has 0 radical (unpaired) electrons.